The number of amides is 1. The average Bonchev–Trinajstić information content (AvgIpc) is 2.77. The third-order valence-electron chi connectivity index (χ3n) is 3.99. The zero-order valence-electron chi connectivity index (χ0n) is 15.9. The molecule has 8 heteroatoms. The lowest BCUT2D eigenvalue weighted by molar-refractivity contribution is 0.102. The van der Waals surface area contributed by atoms with E-state index in [2.05, 4.69) is 20.9 Å². The van der Waals surface area contributed by atoms with Crippen molar-refractivity contribution in [2.24, 2.45) is 0 Å². The predicted molar refractivity (Wildman–Crippen MR) is 113 cm³/mol. The van der Waals surface area contributed by atoms with Crippen LogP contribution in [0.1, 0.15) is 15.9 Å². The van der Waals surface area contributed by atoms with Crippen LogP contribution in [0, 0.1) is 12.3 Å². The molecule has 0 saturated carbocycles. The smallest absolute Gasteiger partial charge is 0.255 e. The Labute approximate surface area is 175 Å². The van der Waals surface area contributed by atoms with Crippen LogP contribution in [0.4, 0.5) is 5.69 Å². The van der Waals surface area contributed by atoms with Crippen LogP contribution < -0.4 is 14.8 Å². The number of hydrogen-bond donors (Lipinski definition) is 2. The minimum absolute atomic E-state index is 0.0426. The van der Waals surface area contributed by atoms with E-state index in [0.29, 0.717) is 18.0 Å². The molecule has 2 N–H and O–H groups in total. The molecule has 1 heterocycles. The summed E-state index contributed by atoms with van der Waals surface area (Å²) in [5.74, 6) is 2.33. The highest BCUT2D eigenvalue weighted by Crippen LogP contribution is 2.20. The van der Waals surface area contributed by atoms with Crippen molar-refractivity contribution in [2.45, 2.75) is 11.5 Å². The van der Waals surface area contributed by atoms with Gasteiger partial charge in [0, 0.05) is 35.3 Å². The van der Waals surface area contributed by atoms with Crippen LogP contribution in [0.3, 0.4) is 0 Å². The van der Waals surface area contributed by atoms with Crippen LogP contribution in [-0.4, -0.2) is 25.9 Å². The second kappa shape index (κ2) is 9.69. The van der Waals surface area contributed by atoms with Crippen LogP contribution in [0.2, 0.25) is 0 Å². The number of hydrogen-bond acceptors (Lipinski definition) is 5. The molecule has 0 bridgehead atoms. The SMILES string of the molecule is C#CCNS(=O)(=O)c1cccc(C(=O)Nc2cccc(OCc3cccnc3)c2)c1. The van der Waals surface area contributed by atoms with Crippen molar-refractivity contribution < 1.29 is 17.9 Å². The molecular weight excluding hydrogens is 402 g/mol. The molecule has 0 aliphatic heterocycles. The molecular formula is C22H19N3O4S. The van der Waals surface area contributed by atoms with Gasteiger partial charge in [0.15, 0.2) is 0 Å². The van der Waals surface area contributed by atoms with Crippen LogP contribution in [0.5, 0.6) is 5.75 Å². The lowest BCUT2D eigenvalue weighted by Gasteiger charge is -2.10. The fourth-order valence-electron chi connectivity index (χ4n) is 2.54. The van der Waals surface area contributed by atoms with E-state index in [1.54, 1.807) is 36.7 Å². The van der Waals surface area contributed by atoms with E-state index in [9.17, 15) is 13.2 Å². The van der Waals surface area contributed by atoms with Crippen molar-refractivity contribution in [3.05, 3.63) is 84.2 Å². The van der Waals surface area contributed by atoms with Crippen molar-refractivity contribution >= 4 is 21.6 Å². The maximum Gasteiger partial charge on any atom is 0.255 e. The van der Waals surface area contributed by atoms with E-state index in [1.807, 2.05) is 12.1 Å². The second-order valence-electron chi connectivity index (χ2n) is 6.19. The van der Waals surface area contributed by atoms with Crippen molar-refractivity contribution in [3.8, 4) is 18.1 Å². The number of nitrogens with zero attached hydrogens (tertiary/aromatic N) is 1. The largest absolute Gasteiger partial charge is 0.489 e. The third-order valence-corrected chi connectivity index (χ3v) is 5.39. The first-order chi connectivity index (χ1) is 14.5. The Bertz CT molecular complexity index is 1170. The predicted octanol–water partition coefficient (Wildman–Crippen LogP) is 2.82. The Kier molecular flexibility index (Phi) is 6.80. The van der Waals surface area contributed by atoms with E-state index in [1.165, 1.54) is 24.3 Å². The normalized spacial score (nSPS) is 10.8. The van der Waals surface area contributed by atoms with Crippen LogP contribution in [0.15, 0.2) is 78.0 Å². The Morgan fingerprint density at radius 1 is 1.10 bits per heavy atom. The first-order valence-electron chi connectivity index (χ1n) is 8.94. The molecule has 0 saturated heterocycles. The number of carbonyl (C=O) groups is 1. The molecule has 30 heavy (non-hydrogen) atoms. The summed E-state index contributed by atoms with van der Waals surface area (Å²) in [6.45, 7) is 0.209. The first kappa shape index (κ1) is 21.0. The van der Waals surface area contributed by atoms with Gasteiger partial charge in [-0.1, -0.05) is 24.1 Å². The van der Waals surface area contributed by atoms with Crippen molar-refractivity contribution in [1.29, 1.82) is 0 Å². The zero-order valence-corrected chi connectivity index (χ0v) is 16.7. The van der Waals surface area contributed by atoms with Gasteiger partial charge in [-0.25, -0.2) is 8.42 Å². The Morgan fingerprint density at radius 2 is 1.93 bits per heavy atom. The molecule has 3 rings (SSSR count). The highest BCUT2D eigenvalue weighted by atomic mass is 32.2. The first-order valence-corrected chi connectivity index (χ1v) is 10.4. The summed E-state index contributed by atoms with van der Waals surface area (Å²) >= 11 is 0. The van der Waals surface area contributed by atoms with Crippen molar-refractivity contribution in [1.82, 2.24) is 9.71 Å². The maximum absolute atomic E-state index is 12.6. The highest BCUT2D eigenvalue weighted by Gasteiger charge is 2.15. The van der Waals surface area contributed by atoms with Crippen LogP contribution in [0.25, 0.3) is 0 Å². The van der Waals surface area contributed by atoms with Crippen LogP contribution in [-0.2, 0) is 16.6 Å². The van der Waals surface area contributed by atoms with Gasteiger partial charge < -0.3 is 10.1 Å². The maximum atomic E-state index is 12.6. The number of pyridine rings is 1. The summed E-state index contributed by atoms with van der Waals surface area (Å²) in [6.07, 6.45) is 8.49. The summed E-state index contributed by atoms with van der Waals surface area (Å²) in [5, 5.41) is 2.74. The number of aromatic nitrogens is 1. The Morgan fingerprint density at radius 3 is 2.70 bits per heavy atom. The second-order valence-corrected chi connectivity index (χ2v) is 7.96. The molecule has 0 fully saturated rings. The van der Waals surface area contributed by atoms with Gasteiger partial charge in [-0.3, -0.25) is 9.78 Å². The number of carbonyl (C=O) groups excluding carboxylic acids is 1. The van der Waals surface area contributed by atoms with Gasteiger partial charge in [0.2, 0.25) is 10.0 Å². The number of sulfonamides is 1. The molecule has 3 aromatic rings. The van der Waals surface area contributed by atoms with Crippen LogP contribution >= 0.6 is 0 Å². The van der Waals surface area contributed by atoms with E-state index in [0.717, 1.165) is 5.56 Å². The van der Waals surface area contributed by atoms with Gasteiger partial charge in [0.25, 0.3) is 5.91 Å². The third kappa shape index (κ3) is 5.67. The Hall–Kier alpha value is -3.67. The topological polar surface area (TPSA) is 97.4 Å². The summed E-state index contributed by atoms with van der Waals surface area (Å²) < 4.78 is 32.4. The summed E-state index contributed by atoms with van der Waals surface area (Å²) in [6, 6.07) is 16.3. The van der Waals surface area contributed by atoms with Crippen molar-refractivity contribution in [3.63, 3.8) is 0 Å². The minimum atomic E-state index is -3.79. The summed E-state index contributed by atoms with van der Waals surface area (Å²) in [7, 11) is -3.79. The lowest BCUT2D eigenvalue weighted by atomic mass is 10.2. The monoisotopic (exact) mass is 421 g/mol. The summed E-state index contributed by atoms with van der Waals surface area (Å²) in [4.78, 5) is 16.6. The number of ether oxygens (including phenoxy) is 1. The molecule has 0 aliphatic carbocycles. The fourth-order valence-corrected chi connectivity index (χ4v) is 3.52. The number of rotatable bonds is 8. The van der Waals surface area contributed by atoms with E-state index in [4.69, 9.17) is 11.2 Å². The van der Waals surface area contributed by atoms with E-state index >= 15 is 0 Å². The van der Waals surface area contributed by atoms with Gasteiger partial charge in [-0.15, -0.1) is 6.42 Å². The number of terminal acetylenes is 1. The molecule has 152 valence electrons. The summed E-state index contributed by atoms with van der Waals surface area (Å²) in [5.41, 5.74) is 1.63. The zero-order chi connectivity index (χ0) is 21.4. The molecule has 1 aromatic heterocycles. The molecule has 0 atom stereocenters. The van der Waals surface area contributed by atoms with Gasteiger partial charge in [0.1, 0.15) is 12.4 Å². The molecule has 0 radical (unpaired) electrons. The quantitative estimate of drug-likeness (QED) is 0.545. The minimum Gasteiger partial charge on any atom is -0.489 e. The Balaban J connectivity index is 1.69. The number of anilines is 1. The van der Waals surface area contributed by atoms with Gasteiger partial charge in [-0.05, 0) is 36.4 Å². The highest BCUT2D eigenvalue weighted by molar-refractivity contribution is 7.89. The molecule has 7 nitrogen and oxygen atoms in total. The molecule has 0 aliphatic rings. The van der Waals surface area contributed by atoms with E-state index in [-0.39, 0.29) is 17.0 Å². The van der Waals surface area contributed by atoms with Gasteiger partial charge in [0.05, 0.1) is 11.4 Å². The molecule has 0 spiro atoms. The van der Waals surface area contributed by atoms with Gasteiger partial charge >= 0.3 is 0 Å². The molecule has 1 amide bonds. The van der Waals surface area contributed by atoms with E-state index < -0.39 is 15.9 Å². The number of nitrogens with one attached hydrogen (secondary N) is 2. The average molecular weight is 421 g/mol. The van der Waals surface area contributed by atoms with Crippen molar-refractivity contribution in [2.75, 3.05) is 11.9 Å². The lowest BCUT2D eigenvalue weighted by Crippen LogP contribution is -2.24. The molecule has 0 unspecified atom stereocenters. The fraction of sp³-hybridized carbons (Fsp3) is 0.0909. The molecule has 2 aromatic carbocycles. The number of benzene rings is 2. The standard InChI is InChI=1S/C22H19N3O4S/c1-2-11-24-30(27,28)21-10-3-7-18(13-21)22(26)25-19-8-4-9-20(14-19)29-16-17-6-5-12-23-15-17/h1,3-10,12-15,24H,11,16H2,(H,25,26). The van der Waals surface area contributed by atoms with Gasteiger partial charge in [-0.2, -0.15) is 4.72 Å².